The second-order valence-electron chi connectivity index (χ2n) is 6.76. The van der Waals surface area contributed by atoms with Gasteiger partial charge in [-0.2, -0.15) is 0 Å². The van der Waals surface area contributed by atoms with E-state index >= 15 is 0 Å². The monoisotopic (exact) mass is 430 g/mol. The smallest absolute Gasteiger partial charge is 0.347 e. The highest BCUT2D eigenvalue weighted by atomic mass is 35.5. The molecule has 3 aromatic rings. The lowest BCUT2D eigenvalue weighted by Crippen LogP contribution is -2.37. The molecule has 0 saturated heterocycles. The Labute approximate surface area is 177 Å². The summed E-state index contributed by atoms with van der Waals surface area (Å²) in [4.78, 5) is 27.9. The number of thiazole rings is 1. The molecular formula is C21H19ClN2O4S. The van der Waals surface area contributed by atoms with Crippen molar-refractivity contribution in [3.8, 4) is 17.0 Å². The van der Waals surface area contributed by atoms with Crippen LogP contribution >= 0.6 is 22.9 Å². The zero-order valence-corrected chi connectivity index (χ0v) is 17.4. The molecule has 150 valence electrons. The van der Waals surface area contributed by atoms with Gasteiger partial charge in [-0.3, -0.25) is 4.79 Å². The number of nitrogens with one attached hydrogen (secondary N) is 1. The molecule has 0 bridgehead atoms. The molecule has 0 aliphatic rings. The van der Waals surface area contributed by atoms with E-state index in [4.69, 9.17) is 21.4 Å². The summed E-state index contributed by atoms with van der Waals surface area (Å²) in [7, 11) is 0. The van der Waals surface area contributed by atoms with Crippen LogP contribution in [0.4, 0.5) is 5.13 Å². The summed E-state index contributed by atoms with van der Waals surface area (Å²) in [5.41, 5.74) is 0.883. The van der Waals surface area contributed by atoms with E-state index in [-0.39, 0.29) is 12.3 Å². The Bertz CT molecular complexity index is 1010. The number of benzene rings is 2. The average molecular weight is 431 g/mol. The van der Waals surface area contributed by atoms with E-state index in [0.29, 0.717) is 21.5 Å². The maximum Gasteiger partial charge on any atom is 0.347 e. The molecule has 3 rings (SSSR count). The van der Waals surface area contributed by atoms with Crippen LogP contribution < -0.4 is 10.1 Å². The van der Waals surface area contributed by atoms with Gasteiger partial charge >= 0.3 is 5.97 Å². The second-order valence-corrected chi connectivity index (χ2v) is 8.06. The molecule has 6 nitrogen and oxygen atoms in total. The molecule has 1 heterocycles. The predicted octanol–water partition coefficient (Wildman–Crippen LogP) is 5.00. The molecule has 0 radical (unpaired) electrons. The van der Waals surface area contributed by atoms with Gasteiger partial charge in [-0.05, 0) is 62.4 Å². The zero-order chi connectivity index (χ0) is 21.0. The topological polar surface area (TPSA) is 88.5 Å². The van der Waals surface area contributed by atoms with E-state index in [1.807, 2.05) is 17.5 Å². The van der Waals surface area contributed by atoms with Crippen molar-refractivity contribution in [1.29, 1.82) is 0 Å². The molecule has 0 spiro atoms. The van der Waals surface area contributed by atoms with Crippen LogP contribution in [0, 0.1) is 0 Å². The fourth-order valence-corrected chi connectivity index (χ4v) is 3.26. The maximum absolute atomic E-state index is 12.2. The summed E-state index contributed by atoms with van der Waals surface area (Å²) in [6, 6.07) is 13.8. The van der Waals surface area contributed by atoms with Crippen molar-refractivity contribution in [1.82, 2.24) is 4.98 Å². The molecule has 0 amide bonds. The Hall–Kier alpha value is -2.90. The summed E-state index contributed by atoms with van der Waals surface area (Å²) in [6.07, 6.45) is 0. The van der Waals surface area contributed by atoms with Crippen molar-refractivity contribution >= 4 is 39.8 Å². The van der Waals surface area contributed by atoms with E-state index in [1.165, 1.54) is 25.2 Å². The third-order valence-corrected chi connectivity index (χ3v) is 5.16. The molecule has 0 unspecified atom stereocenters. The molecule has 2 aromatic carbocycles. The first-order valence-corrected chi connectivity index (χ1v) is 10.0. The number of anilines is 1. The van der Waals surface area contributed by atoms with E-state index in [0.717, 1.165) is 11.3 Å². The minimum Gasteiger partial charge on any atom is -0.478 e. The third-order valence-electron chi connectivity index (χ3n) is 4.11. The number of hydrogen-bond acceptors (Lipinski definition) is 6. The van der Waals surface area contributed by atoms with Crippen LogP contribution in [-0.4, -0.2) is 34.0 Å². The Kier molecular flexibility index (Phi) is 6.20. The lowest BCUT2D eigenvalue weighted by Gasteiger charge is -2.21. The minimum atomic E-state index is -1.31. The number of rotatable bonds is 8. The molecule has 0 atom stereocenters. The van der Waals surface area contributed by atoms with Gasteiger partial charge in [0.1, 0.15) is 5.75 Å². The quantitative estimate of drug-likeness (QED) is 0.489. The Morgan fingerprint density at radius 1 is 1.14 bits per heavy atom. The van der Waals surface area contributed by atoms with E-state index in [1.54, 1.807) is 36.4 Å². The van der Waals surface area contributed by atoms with Crippen molar-refractivity contribution in [2.75, 3.05) is 11.9 Å². The van der Waals surface area contributed by atoms with Crippen LogP contribution in [0.3, 0.4) is 0 Å². The maximum atomic E-state index is 12.2. The van der Waals surface area contributed by atoms with Crippen molar-refractivity contribution in [3.63, 3.8) is 0 Å². The molecule has 0 saturated carbocycles. The van der Waals surface area contributed by atoms with Crippen LogP contribution in [0.25, 0.3) is 11.3 Å². The van der Waals surface area contributed by atoms with Gasteiger partial charge in [-0.1, -0.05) is 11.6 Å². The summed E-state index contributed by atoms with van der Waals surface area (Å²) in [5, 5.41) is 15.3. The van der Waals surface area contributed by atoms with Crippen molar-refractivity contribution in [2.45, 2.75) is 19.4 Å². The Morgan fingerprint density at radius 3 is 2.41 bits per heavy atom. The largest absolute Gasteiger partial charge is 0.478 e. The summed E-state index contributed by atoms with van der Waals surface area (Å²) < 4.78 is 5.50. The van der Waals surface area contributed by atoms with Gasteiger partial charge in [-0.15, -0.1) is 11.3 Å². The van der Waals surface area contributed by atoms with Crippen LogP contribution in [-0.2, 0) is 4.79 Å². The number of halogens is 1. The molecule has 29 heavy (non-hydrogen) atoms. The fourth-order valence-electron chi connectivity index (χ4n) is 2.41. The van der Waals surface area contributed by atoms with E-state index in [2.05, 4.69) is 10.3 Å². The van der Waals surface area contributed by atoms with Crippen molar-refractivity contribution in [3.05, 3.63) is 64.5 Å². The molecule has 0 aliphatic carbocycles. The summed E-state index contributed by atoms with van der Waals surface area (Å²) in [6.45, 7) is 3.12. The van der Waals surface area contributed by atoms with Gasteiger partial charge in [0, 0.05) is 21.5 Å². The molecular weight excluding hydrogens is 412 g/mol. The predicted molar refractivity (Wildman–Crippen MR) is 114 cm³/mol. The minimum absolute atomic E-state index is 0.0547. The number of aliphatic carboxylic acids is 1. The zero-order valence-electron chi connectivity index (χ0n) is 15.8. The Morgan fingerprint density at radius 2 is 1.79 bits per heavy atom. The number of hydrogen-bond donors (Lipinski definition) is 2. The number of Topliss-reactive ketones (excluding diaryl/α,β-unsaturated/α-hetero) is 1. The highest BCUT2D eigenvalue weighted by Crippen LogP contribution is 2.27. The highest BCUT2D eigenvalue weighted by molar-refractivity contribution is 7.14. The highest BCUT2D eigenvalue weighted by Gasteiger charge is 2.29. The first kappa shape index (κ1) is 20.8. The van der Waals surface area contributed by atoms with E-state index < -0.39 is 11.6 Å². The first-order chi connectivity index (χ1) is 13.7. The standard InChI is InChI=1S/C21H19ClN2O4S/c1-21(2,19(26)27)28-16-9-5-13(6-10-16)17-12-29-20(24-17)23-11-18(25)14-3-7-15(22)8-4-14/h3-10,12H,11H2,1-2H3,(H,23,24)(H,26,27). The van der Waals surface area contributed by atoms with E-state index in [9.17, 15) is 9.59 Å². The molecule has 2 N–H and O–H groups in total. The normalized spacial score (nSPS) is 11.1. The lowest BCUT2D eigenvalue weighted by molar-refractivity contribution is -0.152. The van der Waals surface area contributed by atoms with Gasteiger partial charge in [0.15, 0.2) is 16.5 Å². The fraction of sp³-hybridized carbons (Fsp3) is 0.190. The number of ketones is 1. The van der Waals surface area contributed by atoms with Crippen molar-refractivity contribution < 1.29 is 19.4 Å². The number of carboxylic acid groups (broad SMARTS) is 1. The van der Waals surface area contributed by atoms with Crippen LogP contribution in [0.2, 0.25) is 5.02 Å². The number of carboxylic acids is 1. The molecule has 0 aliphatic heterocycles. The number of nitrogens with zero attached hydrogens (tertiary/aromatic N) is 1. The molecule has 1 aromatic heterocycles. The SMILES string of the molecule is CC(C)(Oc1ccc(-c2csc(NCC(=O)c3ccc(Cl)cc3)n2)cc1)C(=O)O. The van der Waals surface area contributed by atoms with Crippen LogP contribution in [0.5, 0.6) is 5.75 Å². The van der Waals surface area contributed by atoms with Gasteiger partial charge < -0.3 is 15.2 Å². The summed E-state index contributed by atoms with van der Waals surface area (Å²) >= 11 is 7.23. The first-order valence-electron chi connectivity index (χ1n) is 8.75. The van der Waals surface area contributed by atoms with Gasteiger partial charge in [0.2, 0.25) is 0 Å². The second kappa shape index (κ2) is 8.63. The number of carbonyl (C=O) groups excluding carboxylic acids is 1. The van der Waals surface area contributed by atoms with Crippen LogP contribution in [0.15, 0.2) is 53.9 Å². The molecule has 8 heteroatoms. The van der Waals surface area contributed by atoms with Crippen LogP contribution in [0.1, 0.15) is 24.2 Å². The lowest BCUT2D eigenvalue weighted by atomic mass is 10.1. The van der Waals surface area contributed by atoms with Gasteiger partial charge in [-0.25, -0.2) is 9.78 Å². The number of carbonyl (C=O) groups is 2. The third kappa shape index (κ3) is 5.34. The number of ether oxygens (including phenoxy) is 1. The Balaban J connectivity index is 1.61. The van der Waals surface area contributed by atoms with Crippen molar-refractivity contribution in [2.24, 2.45) is 0 Å². The summed E-state index contributed by atoms with van der Waals surface area (Å²) in [5.74, 6) is -0.630. The van der Waals surface area contributed by atoms with Gasteiger partial charge in [0.25, 0.3) is 0 Å². The van der Waals surface area contributed by atoms with Gasteiger partial charge in [0.05, 0.1) is 12.2 Å². The number of aromatic nitrogens is 1. The average Bonchev–Trinajstić information content (AvgIpc) is 3.16. The molecule has 0 fully saturated rings.